The van der Waals surface area contributed by atoms with E-state index >= 15 is 0 Å². The number of aromatic nitrogens is 7. The van der Waals surface area contributed by atoms with Gasteiger partial charge in [0.05, 0.1) is 18.9 Å². The number of esters is 1. The van der Waals surface area contributed by atoms with Gasteiger partial charge in [0.25, 0.3) is 0 Å². The third-order valence-corrected chi connectivity index (χ3v) is 8.02. The van der Waals surface area contributed by atoms with E-state index in [1.165, 1.54) is 5.56 Å². The summed E-state index contributed by atoms with van der Waals surface area (Å²) < 4.78 is 16.3. The molecule has 6 rings (SSSR count). The van der Waals surface area contributed by atoms with E-state index in [2.05, 4.69) is 35.1 Å². The molecule has 0 bridgehead atoms. The number of anilines is 1. The number of carbonyl (C=O) groups is 1. The third kappa shape index (κ3) is 6.28. The van der Waals surface area contributed by atoms with E-state index < -0.39 is 12.0 Å². The molecule has 0 unspecified atom stereocenters. The normalized spacial score (nSPS) is 14.4. The number of rotatable bonds is 10. The first kappa shape index (κ1) is 28.9. The molecule has 4 aromatic heterocycles. The van der Waals surface area contributed by atoms with Gasteiger partial charge in [-0.05, 0) is 50.5 Å². The molecule has 1 saturated heterocycles. The lowest BCUT2D eigenvalue weighted by molar-refractivity contribution is -0.149. The highest BCUT2D eigenvalue weighted by Crippen LogP contribution is 2.26. The lowest BCUT2D eigenvalue weighted by atomic mass is 10.1. The maximum Gasteiger partial charge on any atom is 0.324 e. The van der Waals surface area contributed by atoms with E-state index in [9.17, 15) is 4.79 Å². The first-order valence-electron chi connectivity index (χ1n) is 14.2. The van der Waals surface area contributed by atoms with E-state index in [0.29, 0.717) is 42.5 Å². The Morgan fingerprint density at radius 1 is 1.05 bits per heavy atom. The predicted octanol–water partition coefficient (Wildman–Crippen LogP) is 3.48. The number of hydrogen-bond donors (Lipinski definition) is 1. The van der Waals surface area contributed by atoms with Gasteiger partial charge in [0.15, 0.2) is 18.2 Å². The summed E-state index contributed by atoms with van der Waals surface area (Å²) in [5.74, 6) is 1.94. The van der Waals surface area contributed by atoms with Gasteiger partial charge >= 0.3 is 5.97 Å². The van der Waals surface area contributed by atoms with Crippen LogP contribution in [-0.2, 0) is 21.0 Å². The first-order chi connectivity index (χ1) is 20.9. The van der Waals surface area contributed by atoms with Gasteiger partial charge in [-0.2, -0.15) is 31.6 Å². The fourth-order valence-electron chi connectivity index (χ4n) is 4.98. The molecule has 0 aliphatic carbocycles. The summed E-state index contributed by atoms with van der Waals surface area (Å²) in [5, 5.41) is 14.4. The Kier molecular flexibility index (Phi) is 8.45. The van der Waals surface area contributed by atoms with Crippen LogP contribution in [0.5, 0.6) is 0 Å². The van der Waals surface area contributed by atoms with Crippen molar-refractivity contribution in [3.63, 3.8) is 0 Å². The molecule has 0 radical (unpaired) electrons. The van der Waals surface area contributed by atoms with E-state index in [1.807, 2.05) is 54.2 Å². The molecule has 12 nitrogen and oxygen atoms in total. The fraction of sp³-hybridized carbons (Fsp3) is 0.367. The molecule has 224 valence electrons. The zero-order valence-corrected chi connectivity index (χ0v) is 25.3. The highest BCUT2D eigenvalue weighted by molar-refractivity contribution is 7.98. The van der Waals surface area contributed by atoms with Crippen molar-refractivity contribution in [1.29, 1.82) is 0 Å². The summed E-state index contributed by atoms with van der Waals surface area (Å²) in [6.07, 6.45) is 4.47. The molecule has 1 aromatic carbocycles. The Hall–Kier alpha value is -4.20. The molecule has 1 atom stereocenters. The van der Waals surface area contributed by atoms with Crippen LogP contribution in [0.15, 0.2) is 54.7 Å². The van der Waals surface area contributed by atoms with Crippen LogP contribution in [0.3, 0.4) is 0 Å². The number of thioether (sulfide) groups is 1. The molecule has 43 heavy (non-hydrogen) atoms. The molecule has 0 spiro atoms. The largest absolute Gasteiger partial charge is 0.441 e. The second-order valence-corrected chi connectivity index (χ2v) is 11.5. The van der Waals surface area contributed by atoms with Crippen molar-refractivity contribution < 1.29 is 14.3 Å². The molecule has 0 saturated carbocycles. The molecule has 5 aromatic rings. The number of morpholine rings is 1. The van der Waals surface area contributed by atoms with Crippen LogP contribution >= 0.6 is 11.8 Å². The highest BCUT2D eigenvalue weighted by atomic mass is 32.2. The molecule has 2 N–H and O–H groups in total. The maximum atomic E-state index is 12.3. The lowest BCUT2D eigenvalue weighted by Gasteiger charge is -2.29. The van der Waals surface area contributed by atoms with Crippen LogP contribution in [0.2, 0.25) is 0 Å². The number of fused-ring (bicyclic) bond motifs is 1. The smallest absolute Gasteiger partial charge is 0.324 e. The second-order valence-electron chi connectivity index (χ2n) is 10.5. The van der Waals surface area contributed by atoms with Gasteiger partial charge in [-0.3, -0.25) is 4.79 Å². The molecule has 13 heteroatoms. The zero-order valence-electron chi connectivity index (χ0n) is 24.5. The number of carbonyl (C=O) groups excluding carboxylic acids is 1. The summed E-state index contributed by atoms with van der Waals surface area (Å²) >= 11 is 1.64. The summed E-state index contributed by atoms with van der Waals surface area (Å²) in [4.78, 5) is 19.5. The highest BCUT2D eigenvalue weighted by Gasteiger charge is 2.21. The molecule has 0 amide bonds. The maximum absolute atomic E-state index is 12.3. The molecular formula is C30H35N9O3S. The van der Waals surface area contributed by atoms with Crippen molar-refractivity contribution in [3.05, 3.63) is 66.0 Å². The molecule has 1 aliphatic heterocycles. The predicted molar refractivity (Wildman–Crippen MR) is 166 cm³/mol. The molecular weight excluding hydrogens is 566 g/mol. The standard InChI is InChI=1S/C30H35N9O3S/c1-20-5-4-6-22(15-20)24-7-9-37(33-24)27-18-29(36-10-12-41-13-11-36)39-28(32-27)17-26(35-39)25-16-21(2)38(34-25)19-42-30(40)23(31)8-14-43-3/h4-7,9,15-18,23H,8,10-14,19,31H2,1-3H3/t23-/m0/s1. The van der Waals surface area contributed by atoms with Crippen LogP contribution in [-0.4, -0.2) is 84.5 Å². The monoisotopic (exact) mass is 601 g/mol. The van der Waals surface area contributed by atoms with Crippen molar-refractivity contribution >= 4 is 29.2 Å². The SMILES string of the molecule is CSCC[C@H](N)C(=O)OCn1nc(-c2cc3nc(-n4ccc(-c5cccc(C)c5)n4)cc(N4CCOCC4)n3n2)cc1C. The quantitative estimate of drug-likeness (QED) is 0.238. The van der Waals surface area contributed by atoms with Crippen molar-refractivity contribution in [3.8, 4) is 28.5 Å². The molecule has 1 fully saturated rings. The summed E-state index contributed by atoms with van der Waals surface area (Å²) in [6, 6.07) is 15.5. The van der Waals surface area contributed by atoms with Gasteiger partial charge in [0.1, 0.15) is 23.2 Å². The zero-order chi connectivity index (χ0) is 29.9. The minimum atomic E-state index is -0.650. The van der Waals surface area contributed by atoms with Crippen LogP contribution in [0.4, 0.5) is 5.82 Å². The van der Waals surface area contributed by atoms with Gasteiger partial charge in [-0.25, -0.2) is 14.3 Å². The van der Waals surface area contributed by atoms with Gasteiger partial charge in [-0.1, -0.05) is 23.8 Å². The van der Waals surface area contributed by atoms with Gasteiger partial charge in [0.2, 0.25) is 0 Å². The van der Waals surface area contributed by atoms with E-state index in [-0.39, 0.29) is 6.73 Å². The fourth-order valence-corrected chi connectivity index (χ4v) is 5.47. The second kappa shape index (κ2) is 12.6. The van der Waals surface area contributed by atoms with E-state index in [4.69, 9.17) is 30.4 Å². The number of hydrogen-bond acceptors (Lipinski definition) is 10. The first-order valence-corrected chi connectivity index (χ1v) is 15.6. The van der Waals surface area contributed by atoms with Crippen molar-refractivity contribution in [2.24, 2.45) is 5.73 Å². The van der Waals surface area contributed by atoms with Crippen LogP contribution < -0.4 is 10.6 Å². The minimum absolute atomic E-state index is 0.0188. The Morgan fingerprint density at radius 3 is 2.65 bits per heavy atom. The summed E-state index contributed by atoms with van der Waals surface area (Å²) in [6.45, 7) is 6.70. The number of aryl methyl sites for hydroxylation is 2. The van der Waals surface area contributed by atoms with Gasteiger partial charge in [0, 0.05) is 42.7 Å². The van der Waals surface area contributed by atoms with Crippen LogP contribution in [0, 0.1) is 13.8 Å². The van der Waals surface area contributed by atoms with Gasteiger partial charge in [-0.15, -0.1) is 0 Å². The third-order valence-electron chi connectivity index (χ3n) is 7.38. The van der Waals surface area contributed by atoms with Crippen molar-refractivity contribution in [2.75, 3.05) is 43.2 Å². The number of benzene rings is 1. The lowest BCUT2D eigenvalue weighted by Crippen LogP contribution is -2.37. The van der Waals surface area contributed by atoms with Crippen molar-refractivity contribution in [2.45, 2.75) is 33.0 Å². The van der Waals surface area contributed by atoms with Crippen molar-refractivity contribution in [1.82, 2.24) is 34.2 Å². The Labute approximate surface area is 253 Å². The van der Waals surface area contributed by atoms with E-state index in [0.717, 1.165) is 41.6 Å². The van der Waals surface area contributed by atoms with E-state index in [1.54, 1.807) is 21.1 Å². The van der Waals surface area contributed by atoms with Crippen LogP contribution in [0.1, 0.15) is 17.7 Å². The number of nitrogens with zero attached hydrogens (tertiary/aromatic N) is 8. The Balaban J connectivity index is 1.31. The average Bonchev–Trinajstić information content (AvgIpc) is 3.77. The van der Waals surface area contributed by atoms with Gasteiger partial charge < -0.3 is 20.1 Å². The number of nitrogens with two attached hydrogens (primary N) is 1. The summed E-state index contributed by atoms with van der Waals surface area (Å²) in [5.41, 5.74) is 11.9. The average molecular weight is 602 g/mol. The Morgan fingerprint density at radius 2 is 1.86 bits per heavy atom. The molecule has 1 aliphatic rings. The minimum Gasteiger partial charge on any atom is -0.441 e. The summed E-state index contributed by atoms with van der Waals surface area (Å²) in [7, 11) is 0. The Bertz CT molecular complexity index is 1740. The van der Waals surface area contributed by atoms with Crippen LogP contribution in [0.25, 0.3) is 34.1 Å². The topological polar surface area (TPSA) is 131 Å². The number of ether oxygens (including phenoxy) is 2. The molecule has 5 heterocycles.